The zero-order chi connectivity index (χ0) is 22.6. The monoisotopic (exact) mass is 444 g/mol. The minimum absolute atomic E-state index is 0.0573. The van der Waals surface area contributed by atoms with Gasteiger partial charge in [0.1, 0.15) is 6.10 Å². The predicted octanol–water partition coefficient (Wildman–Crippen LogP) is 6.06. The topological polar surface area (TPSA) is 41.6 Å². The van der Waals surface area contributed by atoms with Crippen LogP contribution in [-0.2, 0) is 11.2 Å². The molecule has 2 bridgehead atoms. The van der Waals surface area contributed by atoms with Gasteiger partial charge in [0.2, 0.25) is 0 Å². The number of hydrogen-bond donors (Lipinski definition) is 1. The molecule has 3 heterocycles. The molecule has 2 aromatic rings. The lowest BCUT2D eigenvalue weighted by atomic mass is 9.76. The molecule has 1 N–H and O–H groups in total. The third-order valence-corrected chi connectivity index (χ3v) is 8.88. The van der Waals surface area contributed by atoms with Gasteiger partial charge in [-0.15, -0.1) is 0 Å². The molecule has 4 nitrogen and oxygen atoms in total. The number of rotatable bonds is 4. The van der Waals surface area contributed by atoms with Crippen molar-refractivity contribution in [1.82, 2.24) is 10.2 Å². The van der Waals surface area contributed by atoms with Crippen LogP contribution in [0.5, 0.6) is 0 Å². The Morgan fingerprint density at radius 3 is 2.39 bits per heavy atom. The number of aryl methyl sites for hydroxylation is 1. The average molecular weight is 445 g/mol. The number of amides is 1. The summed E-state index contributed by atoms with van der Waals surface area (Å²) >= 11 is 0. The molecule has 1 saturated carbocycles. The number of ether oxygens (including phenoxy) is 1. The van der Waals surface area contributed by atoms with Gasteiger partial charge in [0.25, 0.3) is 0 Å². The van der Waals surface area contributed by atoms with E-state index >= 15 is 0 Å². The van der Waals surface area contributed by atoms with Crippen molar-refractivity contribution < 1.29 is 9.53 Å². The van der Waals surface area contributed by atoms with Crippen molar-refractivity contribution in [2.75, 3.05) is 19.6 Å². The Morgan fingerprint density at radius 1 is 1.03 bits per heavy atom. The van der Waals surface area contributed by atoms with Gasteiger partial charge in [-0.1, -0.05) is 56.3 Å². The van der Waals surface area contributed by atoms with Gasteiger partial charge in [0, 0.05) is 6.54 Å². The van der Waals surface area contributed by atoms with Crippen LogP contribution in [0.4, 0.5) is 4.79 Å². The summed E-state index contributed by atoms with van der Waals surface area (Å²) in [6.45, 7) is 7.69. The van der Waals surface area contributed by atoms with E-state index in [0.29, 0.717) is 11.8 Å². The fourth-order valence-electron chi connectivity index (χ4n) is 6.47. The van der Waals surface area contributed by atoms with E-state index in [0.717, 1.165) is 45.3 Å². The summed E-state index contributed by atoms with van der Waals surface area (Å²) in [4.78, 5) is 15.4. The summed E-state index contributed by atoms with van der Waals surface area (Å²) in [5.74, 6) is 1.09. The molecule has 3 saturated heterocycles. The molecule has 1 spiro atoms. The Balaban J connectivity index is 1.20. The molecule has 2 aliphatic carbocycles. The molecule has 4 fully saturated rings. The predicted molar refractivity (Wildman–Crippen MR) is 131 cm³/mol. The summed E-state index contributed by atoms with van der Waals surface area (Å²) in [6.07, 6.45) is 6.82. The molecular formula is C29H36N2O2. The first-order valence-corrected chi connectivity index (χ1v) is 12.9. The number of hydrogen-bond acceptors (Lipinski definition) is 3. The maximum absolute atomic E-state index is 13.0. The van der Waals surface area contributed by atoms with Gasteiger partial charge in [-0.05, 0) is 96.7 Å². The smallest absolute Gasteiger partial charge is 0.407 e. The van der Waals surface area contributed by atoms with Crippen LogP contribution in [0.25, 0.3) is 11.1 Å². The summed E-state index contributed by atoms with van der Waals surface area (Å²) in [5.41, 5.74) is 6.82. The first kappa shape index (κ1) is 21.2. The standard InChI is InChI=1S/C29H36N2O2/c1-19(2)20-3-5-21(6-4-20)23-7-8-25-24(17-23)9-12-29(13-14-29)27(25)30-28(32)33-26-18-31-15-10-22(26)11-16-31/h3-8,17,19,22,26-27H,9-16,18H2,1-2H3,(H,30,32)/t26-,27?/m0/s1. The highest BCUT2D eigenvalue weighted by molar-refractivity contribution is 5.70. The second kappa shape index (κ2) is 8.16. The number of benzene rings is 2. The second-order valence-corrected chi connectivity index (χ2v) is 11.2. The van der Waals surface area contributed by atoms with Gasteiger partial charge in [0.05, 0.1) is 6.04 Å². The van der Waals surface area contributed by atoms with Gasteiger partial charge < -0.3 is 10.1 Å². The molecule has 2 atom stereocenters. The van der Waals surface area contributed by atoms with Crippen LogP contribution in [0.1, 0.15) is 74.6 Å². The van der Waals surface area contributed by atoms with E-state index in [2.05, 4.69) is 66.5 Å². The Hall–Kier alpha value is -2.33. The summed E-state index contributed by atoms with van der Waals surface area (Å²) < 4.78 is 6.00. The average Bonchev–Trinajstić information content (AvgIpc) is 3.62. The van der Waals surface area contributed by atoms with Crippen LogP contribution in [0, 0.1) is 11.3 Å². The highest BCUT2D eigenvalue weighted by atomic mass is 16.6. The fraction of sp³-hybridized carbons (Fsp3) is 0.552. The van der Waals surface area contributed by atoms with Gasteiger partial charge >= 0.3 is 6.09 Å². The van der Waals surface area contributed by atoms with Crippen molar-refractivity contribution in [3.05, 3.63) is 59.2 Å². The Kier molecular flexibility index (Phi) is 5.25. The summed E-state index contributed by atoms with van der Waals surface area (Å²) in [5, 5.41) is 3.33. The van der Waals surface area contributed by atoms with E-state index < -0.39 is 0 Å². The molecule has 1 unspecified atom stereocenters. The molecule has 174 valence electrons. The highest BCUT2D eigenvalue weighted by Gasteiger charge is 2.53. The number of carbonyl (C=O) groups is 1. The molecule has 0 aromatic heterocycles. The molecule has 2 aromatic carbocycles. The lowest BCUT2D eigenvalue weighted by Crippen LogP contribution is -2.53. The van der Waals surface area contributed by atoms with Crippen LogP contribution in [0.3, 0.4) is 0 Å². The number of alkyl carbamates (subject to hydrolysis) is 1. The van der Waals surface area contributed by atoms with Crippen molar-refractivity contribution in [2.24, 2.45) is 11.3 Å². The van der Waals surface area contributed by atoms with Crippen LogP contribution < -0.4 is 5.32 Å². The first-order valence-electron chi connectivity index (χ1n) is 12.9. The van der Waals surface area contributed by atoms with Gasteiger partial charge in [-0.25, -0.2) is 4.79 Å². The van der Waals surface area contributed by atoms with Gasteiger partial charge in [0.15, 0.2) is 0 Å². The number of fused-ring (bicyclic) bond motifs is 4. The van der Waals surface area contributed by atoms with Crippen LogP contribution in [0.15, 0.2) is 42.5 Å². The maximum atomic E-state index is 13.0. The number of nitrogens with zero attached hydrogens (tertiary/aromatic N) is 1. The van der Waals surface area contributed by atoms with Crippen molar-refractivity contribution in [1.29, 1.82) is 0 Å². The SMILES string of the molecule is CC(C)c1ccc(-c2ccc3c(c2)CCC2(CC2)C3NC(=O)O[C@H]2CN3CCC2CC3)cc1. The highest BCUT2D eigenvalue weighted by Crippen LogP contribution is 2.61. The fourth-order valence-corrected chi connectivity index (χ4v) is 6.47. The number of piperidine rings is 3. The largest absolute Gasteiger partial charge is 0.445 e. The molecule has 4 heteroatoms. The third kappa shape index (κ3) is 3.97. The molecule has 7 rings (SSSR count). The van der Waals surface area contributed by atoms with Crippen LogP contribution in [0.2, 0.25) is 0 Å². The Labute approximate surface area is 197 Å². The molecule has 5 aliphatic rings. The van der Waals surface area contributed by atoms with E-state index in [1.165, 1.54) is 40.7 Å². The number of nitrogens with one attached hydrogen (secondary N) is 1. The second-order valence-electron chi connectivity index (χ2n) is 11.2. The summed E-state index contributed by atoms with van der Waals surface area (Å²) in [7, 11) is 0. The van der Waals surface area contributed by atoms with E-state index in [9.17, 15) is 4.79 Å². The first-order chi connectivity index (χ1) is 16.0. The lowest BCUT2D eigenvalue weighted by molar-refractivity contribution is -0.0347. The van der Waals surface area contributed by atoms with E-state index in [-0.39, 0.29) is 23.7 Å². The quantitative estimate of drug-likeness (QED) is 0.623. The normalized spacial score (nSPS) is 29.1. The lowest BCUT2D eigenvalue weighted by Gasteiger charge is -2.44. The molecule has 33 heavy (non-hydrogen) atoms. The molecule has 0 radical (unpaired) electrons. The van der Waals surface area contributed by atoms with Crippen molar-refractivity contribution in [2.45, 2.75) is 70.4 Å². The molecular weight excluding hydrogens is 408 g/mol. The van der Waals surface area contributed by atoms with E-state index in [1.807, 2.05) is 0 Å². The van der Waals surface area contributed by atoms with Crippen LogP contribution in [-0.4, -0.2) is 36.7 Å². The van der Waals surface area contributed by atoms with Crippen molar-refractivity contribution in [3.63, 3.8) is 0 Å². The van der Waals surface area contributed by atoms with E-state index in [1.54, 1.807) is 0 Å². The van der Waals surface area contributed by atoms with Gasteiger partial charge in [-0.2, -0.15) is 0 Å². The molecule has 3 aliphatic heterocycles. The zero-order valence-electron chi connectivity index (χ0n) is 20.0. The minimum Gasteiger partial charge on any atom is -0.445 e. The maximum Gasteiger partial charge on any atom is 0.407 e. The van der Waals surface area contributed by atoms with Crippen molar-refractivity contribution in [3.8, 4) is 11.1 Å². The van der Waals surface area contributed by atoms with E-state index in [4.69, 9.17) is 4.74 Å². The Morgan fingerprint density at radius 2 is 1.76 bits per heavy atom. The minimum atomic E-state index is -0.216. The summed E-state index contributed by atoms with van der Waals surface area (Å²) in [6, 6.07) is 15.9. The Bertz CT molecular complexity index is 1030. The third-order valence-electron chi connectivity index (χ3n) is 8.88. The number of carbonyl (C=O) groups excluding carboxylic acids is 1. The van der Waals surface area contributed by atoms with Crippen molar-refractivity contribution >= 4 is 6.09 Å². The molecule has 1 amide bonds. The van der Waals surface area contributed by atoms with Crippen LogP contribution >= 0.6 is 0 Å². The zero-order valence-corrected chi connectivity index (χ0v) is 20.0. The van der Waals surface area contributed by atoms with Gasteiger partial charge in [-0.3, -0.25) is 4.90 Å².